The van der Waals surface area contributed by atoms with E-state index >= 15 is 0 Å². The molecule has 4 nitrogen and oxygen atoms in total. The van der Waals surface area contributed by atoms with Gasteiger partial charge in [-0.3, -0.25) is 0 Å². The average molecular weight is 286 g/mol. The number of nitrogens with one attached hydrogen (secondary N) is 1. The fraction of sp³-hybridized carbons (Fsp3) is 0.538. The van der Waals surface area contributed by atoms with E-state index in [2.05, 4.69) is 4.72 Å². The maximum Gasteiger partial charge on any atom is 0.241 e. The van der Waals surface area contributed by atoms with E-state index in [1.807, 2.05) is 0 Å². The fourth-order valence-corrected chi connectivity index (χ4v) is 4.20. The fourth-order valence-electron chi connectivity index (χ4n) is 2.60. The van der Waals surface area contributed by atoms with Gasteiger partial charge in [0.25, 0.3) is 0 Å². The highest BCUT2D eigenvalue weighted by atomic mass is 32.2. The molecule has 1 aliphatic rings. The Hall–Kier alpha value is -0.980. The van der Waals surface area contributed by atoms with Crippen LogP contribution < -0.4 is 10.5 Å². The summed E-state index contributed by atoms with van der Waals surface area (Å²) < 4.78 is 40.5. The van der Waals surface area contributed by atoms with Crippen LogP contribution in [-0.4, -0.2) is 21.0 Å². The van der Waals surface area contributed by atoms with Gasteiger partial charge in [0.05, 0.1) is 4.90 Å². The monoisotopic (exact) mass is 286 g/mol. The average Bonchev–Trinajstić information content (AvgIpc) is 2.78. The molecule has 6 heteroatoms. The molecule has 1 aromatic carbocycles. The third-order valence-electron chi connectivity index (χ3n) is 3.71. The third kappa shape index (κ3) is 3.13. The van der Waals surface area contributed by atoms with Gasteiger partial charge >= 0.3 is 0 Å². The topological polar surface area (TPSA) is 72.2 Å². The second-order valence-corrected chi connectivity index (χ2v) is 6.75. The molecule has 0 bridgehead atoms. The molecule has 0 saturated heterocycles. The summed E-state index contributed by atoms with van der Waals surface area (Å²) in [6.45, 7) is 2.12. The Bertz CT molecular complexity index is 560. The van der Waals surface area contributed by atoms with Gasteiger partial charge in [0.2, 0.25) is 10.0 Å². The van der Waals surface area contributed by atoms with Crippen LogP contribution in [0.1, 0.15) is 24.8 Å². The second-order valence-electron chi connectivity index (χ2n) is 5.06. The molecular weight excluding hydrogens is 267 g/mol. The van der Waals surface area contributed by atoms with E-state index in [0.717, 1.165) is 25.3 Å². The minimum absolute atomic E-state index is 0.00942. The molecule has 0 unspecified atom stereocenters. The Morgan fingerprint density at radius 2 is 2.16 bits per heavy atom. The van der Waals surface area contributed by atoms with Crippen molar-refractivity contribution < 1.29 is 12.8 Å². The Labute approximate surface area is 113 Å². The molecule has 0 radical (unpaired) electrons. The zero-order chi connectivity index (χ0) is 14.0. The van der Waals surface area contributed by atoms with Crippen LogP contribution in [0.4, 0.5) is 4.39 Å². The van der Waals surface area contributed by atoms with Crippen molar-refractivity contribution in [3.8, 4) is 0 Å². The predicted octanol–water partition coefficient (Wildman–Crippen LogP) is 1.54. The molecule has 0 amide bonds. The Kier molecular flexibility index (Phi) is 4.23. The summed E-state index contributed by atoms with van der Waals surface area (Å²) in [5, 5.41) is 0. The van der Waals surface area contributed by atoms with Gasteiger partial charge < -0.3 is 5.73 Å². The van der Waals surface area contributed by atoms with E-state index < -0.39 is 15.8 Å². The zero-order valence-electron chi connectivity index (χ0n) is 10.9. The van der Waals surface area contributed by atoms with Crippen molar-refractivity contribution in [1.82, 2.24) is 4.72 Å². The maximum atomic E-state index is 13.2. The molecule has 0 aromatic heterocycles. The van der Waals surface area contributed by atoms with Crippen LogP contribution in [0.2, 0.25) is 0 Å². The normalized spacial score (nSPS) is 23.7. The number of nitrogens with two attached hydrogens (primary N) is 1. The lowest BCUT2D eigenvalue weighted by Gasteiger charge is -2.20. The second kappa shape index (κ2) is 5.56. The number of rotatable bonds is 4. The third-order valence-corrected chi connectivity index (χ3v) is 5.34. The van der Waals surface area contributed by atoms with E-state index in [4.69, 9.17) is 5.73 Å². The van der Waals surface area contributed by atoms with Gasteiger partial charge in [-0.2, -0.15) is 0 Å². The van der Waals surface area contributed by atoms with Gasteiger partial charge in [0.1, 0.15) is 5.82 Å². The lowest BCUT2D eigenvalue weighted by atomic mass is 10.1. The lowest BCUT2D eigenvalue weighted by molar-refractivity contribution is 0.452. The van der Waals surface area contributed by atoms with Crippen molar-refractivity contribution in [3.05, 3.63) is 29.6 Å². The lowest BCUT2D eigenvalue weighted by Crippen LogP contribution is -2.40. The standard InChI is InChI=1S/C13H19FN2O2S/c1-9-5-6-11(14)7-13(9)19(17,18)16-12-4-2-3-10(12)8-15/h5-7,10,12,16H,2-4,8,15H2,1H3/t10-,12+/m1/s1. The van der Waals surface area contributed by atoms with Crippen molar-refractivity contribution in [2.24, 2.45) is 11.7 Å². The minimum Gasteiger partial charge on any atom is -0.330 e. The summed E-state index contributed by atoms with van der Waals surface area (Å²) in [4.78, 5) is 0.00942. The van der Waals surface area contributed by atoms with Crippen LogP contribution in [0.15, 0.2) is 23.1 Å². The van der Waals surface area contributed by atoms with Gasteiger partial charge in [-0.25, -0.2) is 17.5 Å². The van der Waals surface area contributed by atoms with Crippen LogP contribution in [0.3, 0.4) is 0 Å². The summed E-state index contributed by atoms with van der Waals surface area (Å²) in [5.74, 6) is -0.378. The Balaban J connectivity index is 2.25. The van der Waals surface area contributed by atoms with Crippen LogP contribution in [0.25, 0.3) is 0 Å². The molecule has 2 rings (SSSR count). The van der Waals surface area contributed by atoms with Crippen molar-refractivity contribution >= 4 is 10.0 Å². The van der Waals surface area contributed by atoms with Crippen LogP contribution in [0, 0.1) is 18.7 Å². The maximum absolute atomic E-state index is 13.2. The molecule has 0 heterocycles. The SMILES string of the molecule is Cc1ccc(F)cc1S(=O)(=O)N[C@H]1CCC[C@@H]1CN. The summed E-state index contributed by atoms with van der Waals surface area (Å²) >= 11 is 0. The molecule has 0 spiro atoms. The van der Waals surface area contributed by atoms with Crippen molar-refractivity contribution in [3.63, 3.8) is 0 Å². The minimum atomic E-state index is -3.69. The molecule has 1 saturated carbocycles. The molecule has 0 aliphatic heterocycles. The van der Waals surface area contributed by atoms with E-state index in [-0.39, 0.29) is 16.9 Å². The van der Waals surface area contributed by atoms with Gasteiger partial charge in [-0.15, -0.1) is 0 Å². The van der Waals surface area contributed by atoms with Crippen molar-refractivity contribution in [2.45, 2.75) is 37.1 Å². The van der Waals surface area contributed by atoms with Crippen LogP contribution in [-0.2, 0) is 10.0 Å². The number of sulfonamides is 1. The van der Waals surface area contributed by atoms with E-state index in [1.54, 1.807) is 6.92 Å². The first-order valence-electron chi connectivity index (χ1n) is 6.42. The van der Waals surface area contributed by atoms with Crippen LogP contribution >= 0.6 is 0 Å². The van der Waals surface area contributed by atoms with Crippen LogP contribution in [0.5, 0.6) is 0 Å². The van der Waals surface area contributed by atoms with E-state index in [9.17, 15) is 12.8 Å². The zero-order valence-corrected chi connectivity index (χ0v) is 11.7. The van der Waals surface area contributed by atoms with Gasteiger partial charge in [0.15, 0.2) is 0 Å². The van der Waals surface area contributed by atoms with Crippen molar-refractivity contribution in [2.75, 3.05) is 6.54 Å². The van der Waals surface area contributed by atoms with Crippen molar-refractivity contribution in [1.29, 1.82) is 0 Å². The number of aryl methyl sites for hydroxylation is 1. The molecule has 1 fully saturated rings. The summed E-state index contributed by atoms with van der Waals surface area (Å²) in [7, 11) is -3.69. The highest BCUT2D eigenvalue weighted by Gasteiger charge is 2.30. The first-order valence-corrected chi connectivity index (χ1v) is 7.91. The smallest absolute Gasteiger partial charge is 0.241 e. The molecule has 2 atom stereocenters. The largest absolute Gasteiger partial charge is 0.330 e. The Morgan fingerprint density at radius 1 is 1.42 bits per heavy atom. The molecule has 106 valence electrons. The Morgan fingerprint density at radius 3 is 2.84 bits per heavy atom. The highest BCUT2D eigenvalue weighted by Crippen LogP contribution is 2.27. The predicted molar refractivity (Wildman–Crippen MR) is 71.6 cm³/mol. The van der Waals surface area contributed by atoms with E-state index in [1.165, 1.54) is 12.1 Å². The first kappa shape index (κ1) is 14.4. The quantitative estimate of drug-likeness (QED) is 0.882. The molecule has 1 aromatic rings. The summed E-state index contributed by atoms with van der Waals surface area (Å²) in [6, 6.07) is 3.65. The highest BCUT2D eigenvalue weighted by molar-refractivity contribution is 7.89. The number of halogens is 1. The van der Waals surface area contributed by atoms with Gasteiger partial charge in [-0.1, -0.05) is 12.5 Å². The number of benzene rings is 1. The van der Waals surface area contributed by atoms with E-state index in [0.29, 0.717) is 12.1 Å². The first-order chi connectivity index (χ1) is 8.94. The molecule has 1 aliphatic carbocycles. The van der Waals surface area contributed by atoms with Gasteiger partial charge in [0, 0.05) is 6.04 Å². The summed E-state index contributed by atoms with van der Waals surface area (Å²) in [6.07, 6.45) is 2.69. The summed E-state index contributed by atoms with van der Waals surface area (Å²) in [5.41, 5.74) is 6.18. The number of hydrogen-bond donors (Lipinski definition) is 2. The molecule has 3 N–H and O–H groups in total. The van der Waals surface area contributed by atoms with Gasteiger partial charge in [-0.05, 0) is 49.9 Å². The molecule has 19 heavy (non-hydrogen) atoms. The molecular formula is C13H19FN2O2S. The number of hydrogen-bond acceptors (Lipinski definition) is 3.